The SMILES string of the molecule is O=C(CCC(O)C1Cc2ccccc2CN1)c1ccc(C(=O)N2CCOCC2)cc1. The molecule has 2 N–H and O–H groups in total. The van der Waals surface area contributed by atoms with Crippen molar-refractivity contribution in [1.29, 1.82) is 0 Å². The molecular formula is C24H28N2O4. The molecule has 1 saturated heterocycles. The largest absolute Gasteiger partial charge is 0.391 e. The Morgan fingerprint density at radius 2 is 1.70 bits per heavy atom. The highest BCUT2D eigenvalue weighted by molar-refractivity contribution is 5.98. The lowest BCUT2D eigenvalue weighted by molar-refractivity contribution is 0.0303. The van der Waals surface area contributed by atoms with E-state index in [2.05, 4.69) is 17.4 Å². The third kappa shape index (κ3) is 4.78. The molecule has 0 bridgehead atoms. The summed E-state index contributed by atoms with van der Waals surface area (Å²) in [6.07, 6.45) is 0.874. The van der Waals surface area contributed by atoms with Crippen LogP contribution in [0.3, 0.4) is 0 Å². The summed E-state index contributed by atoms with van der Waals surface area (Å²) in [4.78, 5) is 26.8. The lowest BCUT2D eigenvalue weighted by Gasteiger charge is -2.29. The van der Waals surface area contributed by atoms with Crippen molar-refractivity contribution in [3.05, 3.63) is 70.8 Å². The molecule has 2 aromatic rings. The monoisotopic (exact) mass is 408 g/mol. The van der Waals surface area contributed by atoms with Crippen LogP contribution in [-0.2, 0) is 17.7 Å². The van der Waals surface area contributed by atoms with E-state index in [1.54, 1.807) is 29.2 Å². The number of aliphatic hydroxyl groups excluding tert-OH is 1. The first-order chi connectivity index (χ1) is 14.6. The first-order valence-electron chi connectivity index (χ1n) is 10.6. The van der Waals surface area contributed by atoms with Crippen molar-refractivity contribution < 1.29 is 19.4 Å². The van der Waals surface area contributed by atoms with Gasteiger partial charge in [-0.2, -0.15) is 0 Å². The van der Waals surface area contributed by atoms with Crippen LogP contribution in [0.1, 0.15) is 44.7 Å². The highest BCUT2D eigenvalue weighted by atomic mass is 16.5. The van der Waals surface area contributed by atoms with Gasteiger partial charge >= 0.3 is 0 Å². The lowest BCUT2D eigenvalue weighted by Crippen LogP contribution is -2.44. The molecule has 1 fully saturated rings. The van der Waals surface area contributed by atoms with Gasteiger partial charge in [0.1, 0.15) is 0 Å². The number of nitrogens with zero attached hydrogens (tertiary/aromatic N) is 1. The van der Waals surface area contributed by atoms with Crippen LogP contribution < -0.4 is 5.32 Å². The molecule has 0 radical (unpaired) electrons. The maximum Gasteiger partial charge on any atom is 0.254 e. The quantitative estimate of drug-likeness (QED) is 0.717. The van der Waals surface area contributed by atoms with Crippen molar-refractivity contribution in [1.82, 2.24) is 10.2 Å². The molecule has 0 saturated carbocycles. The average molecular weight is 408 g/mol. The molecule has 0 spiro atoms. The van der Waals surface area contributed by atoms with E-state index >= 15 is 0 Å². The number of amides is 1. The molecule has 158 valence electrons. The molecule has 2 aromatic carbocycles. The molecule has 1 amide bonds. The van der Waals surface area contributed by atoms with Crippen molar-refractivity contribution in [2.75, 3.05) is 26.3 Å². The second-order valence-corrected chi connectivity index (χ2v) is 7.97. The van der Waals surface area contributed by atoms with Gasteiger partial charge < -0.3 is 20.1 Å². The maximum absolute atomic E-state index is 12.6. The number of hydrogen-bond donors (Lipinski definition) is 2. The van der Waals surface area contributed by atoms with Gasteiger partial charge in [-0.1, -0.05) is 36.4 Å². The van der Waals surface area contributed by atoms with Gasteiger partial charge in [-0.05, 0) is 36.1 Å². The van der Waals surface area contributed by atoms with Crippen LogP contribution in [0.4, 0.5) is 0 Å². The number of carbonyl (C=O) groups is 2. The summed E-state index contributed by atoms with van der Waals surface area (Å²) < 4.78 is 5.28. The van der Waals surface area contributed by atoms with Gasteiger partial charge in [-0.15, -0.1) is 0 Å². The second-order valence-electron chi connectivity index (χ2n) is 7.97. The Bertz CT molecular complexity index is 890. The molecule has 0 aromatic heterocycles. The number of aliphatic hydroxyl groups is 1. The number of Topliss-reactive ketones (excluding diaryl/α,β-unsaturated/α-hetero) is 1. The average Bonchev–Trinajstić information content (AvgIpc) is 2.82. The van der Waals surface area contributed by atoms with Gasteiger partial charge in [-0.3, -0.25) is 9.59 Å². The number of fused-ring (bicyclic) bond motifs is 1. The number of morpholine rings is 1. The molecule has 6 nitrogen and oxygen atoms in total. The first-order valence-corrected chi connectivity index (χ1v) is 10.6. The fourth-order valence-electron chi connectivity index (χ4n) is 4.12. The van der Waals surface area contributed by atoms with E-state index in [9.17, 15) is 14.7 Å². The minimum absolute atomic E-state index is 0.0179. The summed E-state index contributed by atoms with van der Waals surface area (Å²) >= 11 is 0. The number of rotatable bonds is 6. The summed E-state index contributed by atoms with van der Waals surface area (Å²) in [7, 11) is 0. The van der Waals surface area contributed by atoms with Crippen LogP contribution in [0.5, 0.6) is 0 Å². The topological polar surface area (TPSA) is 78.9 Å². The zero-order valence-corrected chi connectivity index (χ0v) is 17.0. The number of benzene rings is 2. The molecule has 30 heavy (non-hydrogen) atoms. The number of ketones is 1. The minimum atomic E-state index is -0.579. The van der Waals surface area contributed by atoms with Gasteiger partial charge in [0.2, 0.25) is 0 Å². The summed E-state index contributed by atoms with van der Waals surface area (Å²) in [6, 6.07) is 15.0. The zero-order valence-electron chi connectivity index (χ0n) is 17.0. The number of hydrogen-bond acceptors (Lipinski definition) is 5. The van der Waals surface area contributed by atoms with Crippen LogP contribution in [0.15, 0.2) is 48.5 Å². The highest BCUT2D eigenvalue weighted by Gasteiger charge is 2.25. The van der Waals surface area contributed by atoms with Gasteiger partial charge in [0.05, 0.1) is 19.3 Å². The Kier molecular flexibility index (Phi) is 6.57. The number of carbonyl (C=O) groups excluding carboxylic acids is 2. The predicted molar refractivity (Wildman–Crippen MR) is 114 cm³/mol. The fraction of sp³-hybridized carbons (Fsp3) is 0.417. The van der Waals surface area contributed by atoms with Gasteiger partial charge in [0.25, 0.3) is 5.91 Å². The molecule has 0 aliphatic carbocycles. The highest BCUT2D eigenvalue weighted by Crippen LogP contribution is 2.20. The van der Waals surface area contributed by atoms with Crippen LogP contribution in [0.25, 0.3) is 0 Å². The maximum atomic E-state index is 12.6. The molecular weight excluding hydrogens is 380 g/mol. The third-order valence-corrected chi connectivity index (χ3v) is 6.00. The first kappa shape index (κ1) is 20.7. The minimum Gasteiger partial charge on any atom is -0.391 e. The molecule has 4 rings (SSSR count). The van der Waals surface area contributed by atoms with E-state index in [-0.39, 0.29) is 24.2 Å². The predicted octanol–water partition coefficient (Wildman–Crippen LogP) is 2.20. The van der Waals surface area contributed by atoms with Gasteiger partial charge in [-0.25, -0.2) is 0 Å². The van der Waals surface area contributed by atoms with Gasteiger partial charge in [0, 0.05) is 43.2 Å². The van der Waals surface area contributed by atoms with Crippen LogP contribution in [0.2, 0.25) is 0 Å². The number of ether oxygens (including phenoxy) is 1. The third-order valence-electron chi connectivity index (χ3n) is 6.00. The summed E-state index contributed by atoms with van der Waals surface area (Å²) in [5.41, 5.74) is 3.68. The summed E-state index contributed by atoms with van der Waals surface area (Å²) in [5, 5.41) is 14.0. The Labute approximate surface area is 176 Å². The standard InChI is InChI=1S/C24H28N2O4/c27-22(9-10-23(28)21-15-19-3-1-2-4-20(19)16-25-21)17-5-7-18(8-6-17)24(29)26-11-13-30-14-12-26/h1-8,21,23,25,28H,9-16H2. The van der Waals surface area contributed by atoms with Crippen molar-refractivity contribution in [3.63, 3.8) is 0 Å². The van der Waals surface area contributed by atoms with Crippen molar-refractivity contribution in [2.45, 2.75) is 38.0 Å². The summed E-state index contributed by atoms with van der Waals surface area (Å²) in [5.74, 6) is -0.0491. The molecule has 2 aliphatic heterocycles. The normalized spacial score (nSPS) is 19.8. The zero-order chi connectivity index (χ0) is 20.9. The van der Waals surface area contributed by atoms with Crippen LogP contribution in [0, 0.1) is 0 Å². The fourth-order valence-corrected chi connectivity index (χ4v) is 4.12. The number of nitrogens with one attached hydrogen (secondary N) is 1. The van der Waals surface area contributed by atoms with Crippen molar-refractivity contribution in [3.8, 4) is 0 Å². The van der Waals surface area contributed by atoms with Crippen molar-refractivity contribution >= 4 is 11.7 Å². The van der Waals surface area contributed by atoms with E-state index in [4.69, 9.17) is 4.74 Å². The molecule has 6 heteroatoms. The summed E-state index contributed by atoms with van der Waals surface area (Å²) in [6.45, 7) is 3.05. The van der Waals surface area contributed by atoms with E-state index in [1.807, 2.05) is 12.1 Å². The van der Waals surface area contributed by atoms with E-state index in [0.717, 1.165) is 13.0 Å². The smallest absolute Gasteiger partial charge is 0.254 e. The van der Waals surface area contributed by atoms with Crippen LogP contribution >= 0.6 is 0 Å². The molecule has 2 unspecified atom stereocenters. The Balaban J connectivity index is 1.29. The van der Waals surface area contributed by atoms with E-state index in [0.29, 0.717) is 43.9 Å². The lowest BCUT2D eigenvalue weighted by atomic mass is 9.90. The Hall–Kier alpha value is -2.54. The Morgan fingerprint density at radius 1 is 1.03 bits per heavy atom. The van der Waals surface area contributed by atoms with Gasteiger partial charge in [0.15, 0.2) is 5.78 Å². The van der Waals surface area contributed by atoms with Crippen molar-refractivity contribution in [2.24, 2.45) is 0 Å². The van der Waals surface area contributed by atoms with Crippen LogP contribution in [-0.4, -0.2) is 60.1 Å². The molecule has 2 aliphatic rings. The Morgan fingerprint density at radius 3 is 2.43 bits per heavy atom. The van der Waals surface area contributed by atoms with E-state index in [1.165, 1.54) is 11.1 Å². The molecule has 2 atom stereocenters. The molecule has 2 heterocycles. The second kappa shape index (κ2) is 9.51. The van der Waals surface area contributed by atoms with E-state index < -0.39 is 6.10 Å².